The van der Waals surface area contributed by atoms with Crippen molar-refractivity contribution < 1.29 is 17.6 Å². The van der Waals surface area contributed by atoms with E-state index in [0.29, 0.717) is 0 Å². The van der Waals surface area contributed by atoms with Crippen LogP contribution in [0.15, 0.2) is 18.2 Å². The third-order valence-corrected chi connectivity index (χ3v) is 3.56. The highest BCUT2D eigenvalue weighted by Gasteiger charge is 2.55. The van der Waals surface area contributed by atoms with Gasteiger partial charge in [-0.05, 0) is 32.4 Å². The quantitative estimate of drug-likeness (QED) is 0.569. The summed E-state index contributed by atoms with van der Waals surface area (Å²) in [5.41, 5.74) is -1.11. The van der Waals surface area contributed by atoms with Gasteiger partial charge in [-0.3, -0.25) is 0 Å². The monoisotopic (exact) mass is 262 g/mol. The first-order chi connectivity index (χ1) is 8.23. The molecule has 1 unspecified atom stereocenters. The molecule has 1 atom stereocenters. The van der Waals surface area contributed by atoms with Crippen LogP contribution in [0.5, 0.6) is 0 Å². The standard InChI is InChI=1S/C12H14F4N2/c1-11(2)8(12(14,15)16)6-7-18(11)10-5-3-4-9(13)17-10/h3-5,8H,6-7H2,1-2H3. The Kier molecular flexibility index (Phi) is 2.99. The number of halogens is 4. The van der Waals surface area contributed by atoms with Gasteiger partial charge in [-0.25, -0.2) is 4.98 Å². The zero-order valence-corrected chi connectivity index (χ0v) is 10.1. The van der Waals surface area contributed by atoms with Crippen molar-refractivity contribution >= 4 is 5.82 Å². The Morgan fingerprint density at radius 1 is 1.33 bits per heavy atom. The van der Waals surface area contributed by atoms with Crippen LogP contribution in [0.4, 0.5) is 23.4 Å². The minimum atomic E-state index is -4.24. The van der Waals surface area contributed by atoms with Crippen molar-refractivity contribution in [2.75, 3.05) is 11.4 Å². The van der Waals surface area contributed by atoms with Gasteiger partial charge in [0, 0.05) is 12.1 Å². The highest BCUT2D eigenvalue weighted by molar-refractivity contribution is 5.43. The van der Waals surface area contributed by atoms with Crippen molar-refractivity contribution in [3.05, 3.63) is 24.1 Å². The van der Waals surface area contributed by atoms with Crippen molar-refractivity contribution in [1.82, 2.24) is 4.98 Å². The van der Waals surface area contributed by atoms with E-state index in [1.54, 1.807) is 0 Å². The first-order valence-corrected chi connectivity index (χ1v) is 5.70. The van der Waals surface area contributed by atoms with Crippen LogP contribution < -0.4 is 4.90 Å². The molecular formula is C12H14F4N2. The second-order valence-corrected chi connectivity index (χ2v) is 5.01. The van der Waals surface area contributed by atoms with Gasteiger partial charge in [0.25, 0.3) is 0 Å². The number of pyridine rings is 1. The summed E-state index contributed by atoms with van der Waals surface area (Å²) in [6, 6.07) is 4.16. The molecule has 1 fully saturated rings. The number of anilines is 1. The summed E-state index contributed by atoms with van der Waals surface area (Å²) in [4.78, 5) is 5.18. The molecule has 2 heterocycles. The lowest BCUT2D eigenvalue weighted by Crippen LogP contribution is -2.47. The molecule has 1 aliphatic heterocycles. The maximum absolute atomic E-state index is 13.0. The molecule has 18 heavy (non-hydrogen) atoms. The molecule has 1 aromatic heterocycles. The lowest BCUT2D eigenvalue weighted by Gasteiger charge is -2.37. The predicted molar refractivity (Wildman–Crippen MR) is 59.8 cm³/mol. The molecule has 1 aromatic rings. The number of hydrogen-bond donors (Lipinski definition) is 0. The van der Waals surface area contributed by atoms with E-state index in [9.17, 15) is 17.6 Å². The number of aromatic nitrogens is 1. The average molecular weight is 262 g/mol. The van der Waals surface area contributed by atoms with Crippen LogP contribution in [-0.2, 0) is 0 Å². The zero-order valence-electron chi connectivity index (χ0n) is 10.1. The summed E-state index contributed by atoms with van der Waals surface area (Å²) in [6.07, 6.45) is -4.24. The van der Waals surface area contributed by atoms with Gasteiger partial charge in [-0.2, -0.15) is 17.6 Å². The van der Waals surface area contributed by atoms with E-state index in [1.165, 1.54) is 36.9 Å². The Balaban J connectivity index is 2.32. The fourth-order valence-electron chi connectivity index (χ4n) is 2.61. The zero-order chi connectivity index (χ0) is 13.6. The number of nitrogens with zero attached hydrogens (tertiary/aromatic N) is 2. The van der Waals surface area contributed by atoms with Gasteiger partial charge in [0.05, 0.1) is 5.92 Å². The van der Waals surface area contributed by atoms with E-state index < -0.39 is 23.6 Å². The van der Waals surface area contributed by atoms with Crippen molar-refractivity contribution in [3.63, 3.8) is 0 Å². The molecule has 0 spiro atoms. The van der Waals surface area contributed by atoms with Gasteiger partial charge in [-0.15, -0.1) is 0 Å². The topological polar surface area (TPSA) is 16.1 Å². The number of hydrogen-bond acceptors (Lipinski definition) is 2. The Morgan fingerprint density at radius 3 is 2.50 bits per heavy atom. The normalized spacial score (nSPS) is 23.4. The summed E-state index contributed by atoms with van der Waals surface area (Å²) < 4.78 is 51.8. The molecule has 0 aromatic carbocycles. The summed E-state index contributed by atoms with van der Waals surface area (Å²) in [7, 11) is 0. The maximum Gasteiger partial charge on any atom is 0.394 e. The van der Waals surface area contributed by atoms with Gasteiger partial charge in [0.1, 0.15) is 5.82 Å². The van der Waals surface area contributed by atoms with E-state index >= 15 is 0 Å². The predicted octanol–water partition coefficient (Wildman–Crippen LogP) is 3.39. The summed E-state index contributed by atoms with van der Waals surface area (Å²) in [5, 5.41) is 0. The van der Waals surface area contributed by atoms with Crippen molar-refractivity contribution in [2.24, 2.45) is 5.92 Å². The SMILES string of the molecule is CC1(C)C(C(F)(F)F)CCN1c1cccc(F)n1. The van der Waals surface area contributed by atoms with Gasteiger partial charge in [-0.1, -0.05) is 6.07 Å². The third-order valence-electron chi connectivity index (χ3n) is 3.56. The lowest BCUT2D eigenvalue weighted by atomic mass is 9.88. The summed E-state index contributed by atoms with van der Waals surface area (Å²) in [6.45, 7) is 3.27. The molecule has 0 N–H and O–H groups in total. The van der Waals surface area contributed by atoms with E-state index in [0.717, 1.165) is 0 Å². The second-order valence-electron chi connectivity index (χ2n) is 5.01. The largest absolute Gasteiger partial charge is 0.394 e. The fourth-order valence-corrected chi connectivity index (χ4v) is 2.61. The Hall–Kier alpha value is -1.33. The molecule has 0 amide bonds. The Bertz CT molecular complexity index is 442. The summed E-state index contributed by atoms with van der Waals surface area (Å²) >= 11 is 0. The maximum atomic E-state index is 13.0. The molecule has 0 saturated carbocycles. The molecule has 1 aliphatic rings. The molecule has 2 nitrogen and oxygen atoms in total. The van der Waals surface area contributed by atoms with E-state index in [-0.39, 0.29) is 18.8 Å². The first-order valence-electron chi connectivity index (χ1n) is 5.70. The average Bonchev–Trinajstić information content (AvgIpc) is 2.53. The van der Waals surface area contributed by atoms with Crippen LogP contribution in [0, 0.1) is 11.9 Å². The van der Waals surface area contributed by atoms with Gasteiger partial charge in [0.15, 0.2) is 0 Å². The minimum absolute atomic E-state index is 0.00862. The highest BCUT2D eigenvalue weighted by atomic mass is 19.4. The van der Waals surface area contributed by atoms with Crippen molar-refractivity contribution in [1.29, 1.82) is 0 Å². The smallest absolute Gasteiger partial charge is 0.351 e. The van der Waals surface area contributed by atoms with Crippen molar-refractivity contribution in [2.45, 2.75) is 32.0 Å². The highest BCUT2D eigenvalue weighted by Crippen LogP contribution is 2.45. The van der Waals surface area contributed by atoms with Crippen LogP contribution in [0.25, 0.3) is 0 Å². The van der Waals surface area contributed by atoms with Gasteiger partial charge < -0.3 is 4.90 Å². The van der Waals surface area contributed by atoms with Crippen LogP contribution in [-0.4, -0.2) is 23.2 Å². The molecule has 100 valence electrons. The Morgan fingerprint density at radius 2 is 2.00 bits per heavy atom. The molecular weight excluding hydrogens is 248 g/mol. The van der Waals surface area contributed by atoms with Crippen LogP contribution in [0.3, 0.4) is 0 Å². The third kappa shape index (κ3) is 2.15. The number of alkyl halides is 3. The molecule has 2 rings (SSSR count). The van der Waals surface area contributed by atoms with E-state index in [1.807, 2.05) is 0 Å². The lowest BCUT2D eigenvalue weighted by molar-refractivity contribution is -0.183. The Labute approximate surface area is 103 Å². The van der Waals surface area contributed by atoms with E-state index in [4.69, 9.17) is 0 Å². The van der Waals surface area contributed by atoms with Crippen LogP contribution in [0.1, 0.15) is 20.3 Å². The van der Waals surface area contributed by atoms with E-state index in [2.05, 4.69) is 4.98 Å². The fraction of sp³-hybridized carbons (Fsp3) is 0.583. The summed E-state index contributed by atoms with van der Waals surface area (Å²) in [5.74, 6) is -1.85. The minimum Gasteiger partial charge on any atom is -0.351 e. The molecule has 0 bridgehead atoms. The molecule has 0 radical (unpaired) electrons. The van der Waals surface area contributed by atoms with Crippen molar-refractivity contribution in [3.8, 4) is 0 Å². The second kappa shape index (κ2) is 4.10. The van der Waals surface area contributed by atoms with Crippen LogP contribution in [0.2, 0.25) is 0 Å². The first kappa shape index (κ1) is 13.1. The molecule has 6 heteroatoms. The van der Waals surface area contributed by atoms with Crippen LogP contribution >= 0.6 is 0 Å². The van der Waals surface area contributed by atoms with Gasteiger partial charge >= 0.3 is 6.18 Å². The molecule has 0 aliphatic carbocycles. The number of rotatable bonds is 1. The van der Waals surface area contributed by atoms with Gasteiger partial charge in [0.2, 0.25) is 5.95 Å². The molecule has 1 saturated heterocycles.